The van der Waals surface area contributed by atoms with Gasteiger partial charge < -0.3 is 74.5 Å². The van der Waals surface area contributed by atoms with Gasteiger partial charge >= 0.3 is 69.3 Å². The van der Waals surface area contributed by atoms with Crippen LogP contribution in [0.4, 0.5) is 0 Å². The first-order valence-electron chi connectivity index (χ1n) is 38.8. The van der Waals surface area contributed by atoms with Crippen LogP contribution in [-0.2, 0) is 93.6 Å². The zero-order chi connectivity index (χ0) is 80.3. The Morgan fingerprint density at radius 3 is 0.740 bits per heavy atom. The number of carbonyl (C=O) groups excluding carboxylic acids is 4. The van der Waals surface area contributed by atoms with Gasteiger partial charge in [-0.1, -0.05) is 214 Å². The van der Waals surface area contributed by atoms with E-state index in [-0.39, 0.29) is 166 Å². The third-order valence-corrected chi connectivity index (χ3v) is 18.8. The highest BCUT2D eigenvalue weighted by Crippen LogP contribution is 2.47. The van der Waals surface area contributed by atoms with Crippen molar-refractivity contribution in [1.82, 2.24) is 0 Å². The molecule has 0 radical (unpaired) electrons. The smallest absolute Gasteiger partial charge is 0.411 e. The Balaban J connectivity index is 0.00000115. The zero-order valence-electron chi connectivity index (χ0n) is 72.7. The fraction of sp³-hybridized carbons (Fsp3) is 0.974. The van der Waals surface area contributed by atoms with E-state index >= 15 is 0 Å². The Hall–Kier alpha value is -1.36. The van der Waals surface area contributed by atoms with Gasteiger partial charge in [0.1, 0.15) is 0 Å². The highest BCUT2D eigenvalue weighted by molar-refractivity contribution is 6.51. The van der Waals surface area contributed by atoms with Gasteiger partial charge in [0.05, 0.1) is 84.4 Å². The zero-order valence-corrected chi connectivity index (χ0v) is 72.7. The van der Waals surface area contributed by atoms with E-state index in [0.717, 1.165) is 39.3 Å². The maximum Gasteiger partial charge on any atom is 0.463 e. The van der Waals surface area contributed by atoms with E-state index in [4.69, 9.17) is 93.6 Å². The topological polar surface area (TPSA) is 216 Å². The Morgan fingerprint density at radius 2 is 0.529 bits per heavy atom. The minimum absolute atomic E-state index is 0. The van der Waals surface area contributed by atoms with Crippen molar-refractivity contribution in [2.24, 2.45) is 11.8 Å². The molecule has 8 aliphatic heterocycles. The summed E-state index contributed by atoms with van der Waals surface area (Å²) in [4.78, 5) is 32.5. The van der Waals surface area contributed by atoms with E-state index in [9.17, 15) is 0 Å². The molecule has 0 amide bonds. The standard InChI is InChI=1S/C12H25BO2.C11H23BO2.C10H19BO2.C10H21BO2.C9H17BO2.C8H17BO2.C7H15BO2.C6H13BO2.2CO2.CH4/c1-8(2)10-11(9(3)4)15-13(14-10)12(5,6)7;1-9(2,3)12-13-10(4,5)8-11(6,7)14-12;1-10(2,3)11-12-8-6-4-5-7-9(8)13-11;1-8(2,3)11-12-9(4,5)10(6,7)13-11;1-9(2,3)10-11-7-5-4-6-8(7)12-10;1-6-7(2)11-9(10-6)8(3,4)5;1-7(2,3)8-9-5-4-6-10-8;1-6(2,3)7-8-4-5-9-7;2*2-1-3;/h8-11H,1-7H3;8H2,1-7H3;8-9H,4-7H2,1-3H3;1-7H3;7-8H,4-6H2,1-3H3;6-7H,1-5H3;4-6H2,1-3H3;4-5H2,1-3H3;;;1H4/t10-,11-;;8-,9+;;7-,8+;6-,7-;;;;;/m1....0...../s1. The van der Waals surface area contributed by atoms with Gasteiger partial charge in [0, 0.05) is 19.6 Å². The second-order valence-electron chi connectivity index (χ2n) is 41.1. The Kier molecular flexibility index (Phi) is 41.9. The summed E-state index contributed by atoms with van der Waals surface area (Å²) in [6.45, 7) is 84.5. The average Bonchev–Trinajstić information content (AvgIpc) is 1.57. The summed E-state index contributed by atoms with van der Waals surface area (Å²) in [5.41, 5.74) is -0.574. The summed E-state index contributed by atoms with van der Waals surface area (Å²) in [7, 11) is -0.254. The van der Waals surface area contributed by atoms with Crippen molar-refractivity contribution in [3.8, 4) is 0 Å². The third-order valence-electron chi connectivity index (χ3n) is 18.8. The molecule has 0 bridgehead atoms. The molecule has 0 spiro atoms. The van der Waals surface area contributed by atoms with Crippen LogP contribution in [0.3, 0.4) is 0 Å². The normalized spacial score (nSPS) is 26.9. The van der Waals surface area contributed by atoms with Crippen molar-refractivity contribution >= 4 is 69.3 Å². The van der Waals surface area contributed by atoms with Gasteiger partial charge in [-0.15, -0.1) is 0 Å². The summed E-state index contributed by atoms with van der Waals surface area (Å²) in [6.07, 6.45) is 13.7. The number of hydrogen-bond acceptors (Lipinski definition) is 20. The van der Waals surface area contributed by atoms with E-state index in [2.05, 4.69) is 263 Å². The molecule has 0 N–H and O–H groups in total. The van der Waals surface area contributed by atoms with Crippen molar-refractivity contribution < 1.29 is 93.6 Å². The van der Waals surface area contributed by atoms with Crippen molar-refractivity contribution in [1.29, 1.82) is 0 Å². The predicted octanol–water partition coefficient (Wildman–Crippen LogP) is 19.0. The van der Waals surface area contributed by atoms with E-state index in [1.165, 1.54) is 44.9 Å². The van der Waals surface area contributed by atoms with E-state index in [0.29, 0.717) is 36.3 Å². The summed E-state index contributed by atoms with van der Waals surface area (Å²) in [6, 6.07) is 0. The second-order valence-corrected chi connectivity index (χ2v) is 41.1. The molecule has 20 nitrogen and oxygen atoms in total. The maximum absolute atomic E-state index is 8.12. The minimum Gasteiger partial charge on any atom is -0.411 e. The van der Waals surface area contributed by atoms with Gasteiger partial charge in [-0.2, -0.15) is 19.2 Å². The first kappa shape index (κ1) is 103. The largest absolute Gasteiger partial charge is 0.463 e. The summed E-state index contributed by atoms with van der Waals surface area (Å²) >= 11 is 0. The van der Waals surface area contributed by atoms with Gasteiger partial charge in [0.15, 0.2) is 0 Å². The monoisotopic (exact) mass is 1480 g/mol. The van der Waals surface area contributed by atoms with Crippen LogP contribution in [-0.4, -0.2) is 167 Å². The van der Waals surface area contributed by atoms with E-state index in [1.54, 1.807) is 0 Å². The van der Waals surface area contributed by atoms with Crippen LogP contribution in [0.15, 0.2) is 0 Å². The molecule has 0 aromatic heterocycles. The summed E-state index contributed by atoms with van der Waals surface area (Å²) < 4.78 is 91.9. The second kappa shape index (κ2) is 42.5. The SMILES string of the molecule is C.CC(C)(C)B1OC(C)(C)C(C)(C)O1.CC(C)(C)B1OCCCO1.CC(C)(C)B1OCCO1.CC(C)(C)B1O[C@H]2CCCC[C@H]2O1.CC(C)(C)B1O[C@H]2CCC[C@H]2O1.CC(C)[C@H]1OB(C(C)(C)C)O[C@@H]1C(C)C.CC1(C)CC(C)(C)OB(C(C)(C)C)O1.C[C@@H]1OB(C(C)(C)C)O[C@H]1C.O=C=O.O=C=O. The van der Waals surface area contributed by atoms with Gasteiger partial charge in [0.25, 0.3) is 0 Å². The predicted molar refractivity (Wildman–Crippen MR) is 427 cm³/mol. The van der Waals surface area contributed by atoms with Crippen molar-refractivity contribution in [2.45, 2.75) is 442 Å². The van der Waals surface area contributed by atoms with Crippen LogP contribution in [0.1, 0.15) is 328 Å². The Bertz CT molecular complexity index is 2350. The Morgan fingerprint density at radius 1 is 0.308 bits per heavy atom. The van der Waals surface area contributed by atoms with Crippen LogP contribution in [0.2, 0.25) is 42.5 Å². The first-order valence-corrected chi connectivity index (χ1v) is 38.8. The van der Waals surface area contributed by atoms with Crippen LogP contribution < -0.4 is 0 Å². The van der Waals surface area contributed by atoms with Crippen LogP contribution in [0, 0.1) is 11.8 Å². The molecular weight excluding hydrogens is 1320 g/mol. The lowest BCUT2D eigenvalue weighted by Crippen LogP contribution is -2.54. The molecule has 0 unspecified atom stereocenters. The summed E-state index contributed by atoms with van der Waals surface area (Å²) in [5, 5.41) is 0.758. The van der Waals surface area contributed by atoms with Gasteiger partial charge in [0.2, 0.25) is 0 Å². The van der Waals surface area contributed by atoms with Gasteiger partial charge in [-0.05, 0) is 162 Å². The highest BCUT2D eigenvalue weighted by atomic mass is 16.7. The van der Waals surface area contributed by atoms with Crippen molar-refractivity contribution in [3.05, 3.63) is 0 Å². The Labute approximate surface area is 640 Å². The molecule has 28 heteroatoms. The number of hydrogen-bond donors (Lipinski definition) is 0. The molecule has 8 atom stereocenters. The molecule has 10 aliphatic rings. The molecule has 8 saturated heterocycles. The van der Waals surface area contributed by atoms with E-state index in [1.807, 2.05) is 0 Å². The quantitative estimate of drug-likeness (QED) is 0.235. The molecule has 0 aromatic rings. The van der Waals surface area contributed by atoms with Crippen LogP contribution >= 0.6 is 0 Å². The first-order chi connectivity index (χ1) is 46.4. The van der Waals surface area contributed by atoms with Gasteiger partial charge in [-0.3, -0.25) is 0 Å². The lowest BCUT2D eigenvalue weighted by Gasteiger charge is -2.47. The van der Waals surface area contributed by atoms with E-state index < -0.39 is 0 Å². The number of rotatable bonds is 2. The van der Waals surface area contributed by atoms with Crippen LogP contribution in [0.5, 0.6) is 0 Å². The maximum atomic E-state index is 8.12. The molecule has 10 rings (SSSR count). The lowest BCUT2D eigenvalue weighted by atomic mass is 9.58. The third kappa shape index (κ3) is 36.4. The molecule has 2 aliphatic carbocycles. The molecule has 0 aromatic carbocycles. The molecule has 10 fully saturated rings. The molecule has 602 valence electrons. The molecule has 8 heterocycles. The number of fused-ring (bicyclic) bond motifs is 2. The fourth-order valence-electron chi connectivity index (χ4n) is 12.2. The van der Waals surface area contributed by atoms with Gasteiger partial charge in [-0.25, -0.2) is 0 Å². The average molecular weight is 1470 g/mol. The highest BCUT2D eigenvalue weighted by Gasteiger charge is 2.56. The fourth-order valence-corrected chi connectivity index (χ4v) is 12.2. The molecule has 104 heavy (non-hydrogen) atoms. The molecular formula is C76H154B8O20. The minimum atomic E-state index is -0.203. The lowest BCUT2D eigenvalue weighted by molar-refractivity contribution is -0.193. The van der Waals surface area contributed by atoms with Crippen molar-refractivity contribution in [2.75, 3.05) is 26.4 Å². The van der Waals surface area contributed by atoms with Crippen molar-refractivity contribution in [3.63, 3.8) is 0 Å². The molecule has 2 saturated carbocycles. The van der Waals surface area contributed by atoms with Crippen LogP contribution in [0.25, 0.3) is 0 Å². The summed E-state index contributed by atoms with van der Waals surface area (Å²) in [5.74, 6) is 1.04.